The van der Waals surface area contributed by atoms with E-state index in [1.807, 2.05) is 11.0 Å². The van der Waals surface area contributed by atoms with Crippen LogP contribution in [0.1, 0.15) is 51.5 Å². The van der Waals surface area contributed by atoms with Gasteiger partial charge in [0.2, 0.25) is 5.91 Å². The number of nitrogens with two attached hydrogens (primary N) is 1. The Kier molecular flexibility index (Phi) is 5.80. The number of rotatable bonds is 7. The van der Waals surface area contributed by atoms with E-state index < -0.39 is 0 Å². The van der Waals surface area contributed by atoms with Gasteiger partial charge in [-0.15, -0.1) is 0 Å². The summed E-state index contributed by atoms with van der Waals surface area (Å²) < 4.78 is 0. The molecule has 0 saturated carbocycles. The SMILES string of the molecule is CCCC(CCN)CCC(=O)N1c2ccccc2CC1C. The number of carbonyl (C=O) groups is 1. The third-order valence-electron chi connectivity index (χ3n) is 4.51. The van der Waals surface area contributed by atoms with Crippen LogP contribution in [0.3, 0.4) is 0 Å². The fourth-order valence-electron chi connectivity index (χ4n) is 3.47. The van der Waals surface area contributed by atoms with Crippen LogP contribution in [-0.2, 0) is 11.2 Å². The Balaban J connectivity index is 1.97. The summed E-state index contributed by atoms with van der Waals surface area (Å²) in [6.07, 6.45) is 5.97. The average molecular weight is 288 g/mol. The number of hydrogen-bond acceptors (Lipinski definition) is 2. The van der Waals surface area contributed by atoms with Gasteiger partial charge < -0.3 is 10.6 Å². The lowest BCUT2D eigenvalue weighted by molar-refractivity contribution is -0.119. The minimum atomic E-state index is 0.269. The van der Waals surface area contributed by atoms with Crippen LogP contribution < -0.4 is 10.6 Å². The predicted molar refractivity (Wildman–Crippen MR) is 88.4 cm³/mol. The molecule has 0 saturated heterocycles. The fourth-order valence-corrected chi connectivity index (χ4v) is 3.47. The number of amides is 1. The lowest BCUT2D eigenvalue weighted by Gasteiger charge is -2.24. The molecule has 1 aliphatic rings. The van der Waals surface area contributed by atoms with Crippen molar-refractivity contribution in [3.63, 3.8) is 0 Å². The Morgan fingerprint density at radius 1 is 1.33 bits per heavy atom. The summed E-state index contributed by atoms with van der Waals surface area (Å²) in [6.45, 7) is 5.06. The average Bonchev–Trinajstić information content (AvgIpc) is 2.81. The Morgan fingerprint density at radius 3 is 2.81 bits per heavy atom. The zero-order chi connectivity index (χ0) is 15.2. The minimum absolute atomic E-state index is 0.269. The Hall–Kier alpha value is -1.35. The number of benzene rings is 1. The molecule has 3 heteroatoms. The zero-order valence-electron chi connectivity index (χ0n) is 13.3. The first-order valence-corrected chi connectivity index (χ1v) is 8.27. The fraction of sp³-hybridized carbons (Fsp3) is 0.611. The highest BCUT2D eigenvalue weighted by molar-refractivity contribution is 5.96. The molecule has 0 fully saturated rings. The van der Waals surface area contributed by atoms with Crippen LogP contribution in [0.4, 0.5) is 5.69 Å². The molecule has 116 valence electrons. The van der Waals surface area contributed by atoms with E-state index in [9.17, 15) is 4.79 Å². The number of para-hydroxylation sites is 1. The molecule has 0 radical (unpaired) electrons. The van der Waals surface area contributed by atoms with Gasteiger partial charge in [0.1, 0.15) is 0 Å². The van der Waals surface area contributed by atoms with E-state index in [0.29, 0.717) is 12.3 Å². The molecular formula is C18H28N2O. The van der Waals surface area contributed by atoms with Crippen molar-refractivity contribution in [2.24, 2.45) is 11.7 Å². The van der Waals surface area contributed by atoms with Crippen molar-refractivity contribution in [2.75, 3.05) is 11.4 Å². The molecular weight excluding hydrogens is 260 g/mol. The number of anilines is 1. The first kappa shape index (κ1) is 16.0. The monoisotopic (exact) mass is 288 g/mol. The second-order valence-electron chi connectivity index (χ2n) is 6.22. The first-order valence-electron chi connectivity index (χ1n) is 8.27. The molecule has 2 atom stereocenters. The van der Waals surface area contributed by atoms with Gasteiger partial charge in [-0.1, -0.05) is 38.0 Å². The summed E-state index contributed by atoms with van der Waals surface area (Å²) in [5.74, 6) is 0.864. The standard InChI is InChI=1S/C18H28N2O/c1-3-6-15(11-12-19)9-10-18(21)20-14(2)13-16-7-4-5-8-17(16)20/h4-5,7-8,14-15H,3,6,9-13,19H2,1-2H3. The molecule has 0 aromatic heterocycles. The number of carbonyl (C=O) groups excluding carboxylic acids is 1. The number of hydrogen-bond donors (Lipinski definition) is 1. The van der Waals surface area contributed by atoms with E-state index in [1.54, 1.807) is 0 Å². The molecule has 21 heavy (non-hydrogen) atoms. The summed E-state index contributed by atoms with van der Waals surface area (Å²) >= 11 is 0. The van der Waals surface area contributed by atoms with Gasteiger partial charge in [0.15, 0.2) is 0 Å². The third-order valence-corrected chi connectivity index (χ3v) is 4.51. The van der Waals surface area contributed by atoms with Gasteiger partial charge in [0, 0.05) is 18.2 Å². The second-order valence-corrected chi connectivity index (χ2v) is 6.22. The second kappa shape index (κ2) is 7.60. The van der Waals surface area contributed by atoms with Crippen LogP contribution in [-0.4, -0.2) is 18.5 Å². The Morgan fingerprint density at radius 2 is 2.10 bits per heavy atom. The molecule has 1 amide bonds. The van der Waals surface area contributed by atoms with Gasteiger partial charge in [0.25, 0.3) is 0 Å². The summed E-state index contributed by atoms with van der Waals surface area (Å²) in [5, 5.41) is 0. The highest BCUT2D eigenvalue weighted by Crippen LogP contribution is 2.32. The van der Waals surface area contributed by atoms with Crippen molar-refractivity contribution in [3.8, 4) is 0 Å². The molecule has 0 bridgehead atoms. The quantitative estimate of drug-likeness (QED) is 0.834. The van der Waals surface area contributed by atoms with Crippen molar-refractivity contribution in [1.29, 1.82) is 0 Å². The van der Waals surface area contributed by atoms with Crippen LogP contribution in [0.15, 0.2) is 24.3 Å². The molecule has 2 N–H and O–H groups in total. The first-order chi connectivity index (χ1) is 10.2. The summed E-state index contributed by atoms with van der Waals surface area (Å²) in [4.78, 5) is 14.6. The minimum Gasteiger partial charge on any atom is -0.330 e. The van der Waals surface area contributed by atoms with E-state index in [0.717, 1.165) is 31.5 Å². The summed E-state index contributed by atoms with van der Waals surface area (Å²) in [5.41, 5.74) is 8.09. The van der Waals surface area contributed by atoms with Gasteiger partial charge >= 0.3 is 0 Å². The van der Waals surface area contributed by atoms with Crippen molar-refractivity contribution >= 4 is 11.6 Å². The van der Waals surface area contributed by atoms with Crippen molar-refractivity contribution in [3.05, 3.63) is 29.8 Å². The van der Waals surface area contributed by atoms with Gasteiger partial charge in [0.05, 0.1) is 0 Å². The lowest BCUT2D eigenvalue weighted by atomic mass is 9.94. The van der Waals surface area contributed by atoms with Gasteiger partial charge in [-0.2, -0.15) is 0 Å². The Bertz CT molecular complexity index is 466. The largest absolute Gasteiger partial charge is 0.330 e. The normalized spacial score (nSPS) is 18.6. The van der Waals surface area contributed by atoms with E-state index in [2.05, 4.69) is 32.0 Å². The van der Waals surface area contributed by atoms with Gasteiger partial charge in [-0.25, -0.2) is 0 Å². The maximum atomic E-state index is 12.6. The molecule has 2 rings (SSSR count). The lowest BCUT2D eigenvalue weighted by Crippen LogP contribution is -2.35. The smallest absolute Gasteiger partial charge is 0.227 e. The van der Waals surface area contributed by atoms with Gasteiger partial charge in [-0.3, -0.25) is 4.79 Å². The van der Waals surface area contributed by atoms with Crippen LogP contribution in [0.5, 0.6) is 0 Å². The third kappa shape index (κ3) is 3.85. The van der Waals surface area contributed by atoms with E-state index >= 15 is 0 Å². The van der Waals surface area contributed by atoms with Crippen LogP contribution in [0.25, 0.3) is 0 Å². The van der Waals surface area contributed by atoms with Crippen LogP contribution >= 0.6 is 0 Å². The molecule has 1 heterocycles. The number of nitrogens with zero attached hydrogens (tertiary/aromatic N) is 1. The number of fused-ring (bicyclic) bond motifs is 1. The maximum Gasteiger partial charge on any atom is 0.227 e. The van der Waals surface area contributed by atoms with Crippen LogP contribution in [0.2, 0.25) is 0 Å². The molecule has 2 unspecified atom stereocenters. The van der Waals surface area contributed by atoms with E-state index in [-0.39, 0.29) is 11.9 Å². The van der Waals surface area contributed by atoms with Crippen molar-refractivity contribution in [1.82, 2.24) is 0 Å². The van der Waals surface area contributed by atoms with Crippen LogP contribution in [0, 0.1) is 5.92 Å². The summed E-state index contributed by atoms with van der Waals surface area (Å²) in [7, 11) is 0. The molecule has 1 aliphatic heterocycles. The zero-order valence-corrected chi connectivity index (χ0v) is 13.3. The van der Waals surface area contributed by atoms with E-state index in [4.69, 9.17) is 5.73 Å². The topological polar surface area (TPSA) is 46.3 Å². The van der Waals surface area contributed by atoms with Gasteiger partial charge in [-0.05, 0) is 50.3 Å². The molecule has 0 aliphatic carbocycles. The molecule has 0 spiro atoms. The van der Waals surface area contributed by atoms with Crippen molar-refractivity contribution < 1.29 is 4.79 Å². The highest BCUT2D eigenvalue weighted by Gasteiger charge is 2.30. The molecule has 1 aromatic rings. The maximum absolute atomic E-state index is 12.6. The molecule has 3 nitrogen and oxygen atoms in total. The highest BCUT2D eigenvalue weighted by atomic mass is 16.2. The summed E-state index contributed by atoms with van der Waals surface area (Å²) in [6, 6.07) is 8.56. The van der Waals surface area contributed by atoms with Crippen molar-refractivity contribution in [2.45, 2.75) is 58.4 Å². The van der Waals surface area contributed by atoms with E-state index in [1.165, 1.54) is 18.4 Å². The molecule has 1 aromatic carbocycles. The predicted octanol–water partition coefficient (Wildman–Crippen LogP) is 3.51. The Labute approximate surface area is 128 Å².